The van der Waals surface area contributed by atoms with Gasteiger partial charge in [0, 0.05) is 15.6 Å². The van der Waals surface area contributed by atoms with E-state index in [0.29, 0.717) is 15.6 Å². The Morgan fingerprint density at radius 2 is 1.88 bits per heavy atom. The monoisotopic (exact) mass is 271 g/mol. The second-order valence-electron chi connectivity index (χ2n) is 3.39. The topological polar surface area (TPSA) is 63.3 Å². The van der Waals surface area contributed by atoms with Gasteiger partial charge in [-0.2, -0.15) is 0 Å². The standard InChI is InChI=1S/C11H7Cl2NO3/c1-5-9(11(15)16)14-10(17-5)6-2-7(12)4-8(13)3-6/h2-4H,1H3,(H,15,16). The molecule has 1 aromatic heterocycles. The van der Waals surface area contributed by atoms with Gasteiger partial charge in [-0.1, -0.05) is 23.2 Å². The van der Waals surface area contributed by atoms with Crippen LogP contribution in [0.5, 0.6) is 0 Å². The van der Waals surface area contributed by atoms with E-state index in [1.54, 1.807) is 18.2 Å². The molecule has 0 unspecified atom stereocenters. The van der Waals surface area contributed by atoms with Crippen LogP contribution in [0.15, 0.2) is 22.6 Å². The second kappa shape index (κ2) is 4.39. The molecule has 88 valence electrons. The first-order valence-corrected chi connectivity index (χ1v) is 5.40. The molecule has 0 saturated carbocycles. The smallest absolute Gasteiger partial charge is 0.358 e. The van der Waals surface area contributed by atoms with E-state index in [4.69, 9.17) is 32.7 Å². The minimum Gasteiger partial charge on any atom is -0.476 e. The molecule has 1 N–H and O–H groups in total. The number of hydrogen-bond donors (Lipinski definition) is 1. The molecular weight excluding hydrogens is 265 g/mol. The molecular formula is C11H7Cl2NO3. The summed E-state index contributed by atoms with van der Waals surface area (Å²) in [4.78, 5) is 14.7. The third kappa shape index (κ3) is 2.43. The normalized spacial score (nSPS) is 10.5. The number of aryl methyl sites for hydroxylation is 1. The molecule has 17 heavy (non-hydrogen) atoms. The Morgan fingerprint density at radius 3 is 2.35 bits per heavy atom. The van der Waals surface area contributed by atoms with Crippen molar-refractivity contribution < 1.29 is 14.3 Å². The number of nitrogens with zero attached hydrogens (tertiary/aromatic N) is 1. The van der Waals surface area contributed by atoms with Crippen molar-refractivity contribution in [3.63, 3.8) is 0 Å². The van der Waals surface area contributed by atoms with Crippen LogP contribution < -0.4 is 0 Å². The van der Waals surface area contributed by atoms with Crippen molar-refractivity contribution in [2.24, 2.45) is 0 Å². The summed E-state index contributed by atoms with van der Waals surface area (Å²) in [5.41, 5.74) is 0.425. The van der Waals surface area contributed by atoms with E-state index in [1.165, 1.54) is 6.92 Å². The SMILES string of the molecule is Cc1oc(-c2cc(Cl)cc(Cl)c2)nc1C(=O)O. The number of carboxylic acids is 1. The third-order valence-electron chi connectivity index (χ3n) is 2.11. The van der Waals surface area contributed by atoms with Gasteiger partial charge in [-0.3, -0.25) is 0 Å². The van der Waals surface area contributed by atoms with E-state index in [2.05, 4.69) is 4.98 Å². The highest BCUT2D eigenvalue weighted by Crippen LogP contribution is 2.27. The van der Waals surface area contributed by atoms with Crippen molar-refractivity contribution in [2.45, 2.75) is 6.92 Å². The molecule has 2 rings (SSSR count). The quantitative estimate of drug-likeness (QED) is 0.906. The van der Waals surface area contributed by atoms with Crippen molar-refractivity contribution in [1.29, 1.82) is 0 Å². The highest BCUT2D eigenvalue weighted by atomic mass is 35.5. The highest BCUT2D eigenvalue weighted by Gasteiger charge is 2.17. The lowest BCUT2D eigenvalue weighted by Crippen LogP contribution is -1.98. The maximum absolute atomic E-state index is 10.8. The van der Waals surface area contributed by atoms with E-state index < -0.39 is 5.97 Å². The van der Waals surface area contributed by atoms with Crippen LogP contribution in [-0.2, 0) is 0 Å². The summed E-state index contributed by atoms with van der Waals surface area (Å²) < 4.78 is 5.26. The summed E-state index contributed by atoms with van der Waals surface area (Å²) in [7, 11) is 0. The molecule has 0 aliphatic rings. The zero-order chi connectivity index (χ0) is 12.6. The lowest BCUT2D eigenvalue weighted by atomic mass is 10.2. The van der Waals surface area contributed by atoms with Gasteiger partial charge in [-0.05, 0) is 25.1 Å². The predicted molar refractivity (Wildman–Crippen MR) is 63.7 cm³/mol. The average Bonchev–Trinajstić information content (AvgIpc) is 2.59. The number of carbonyl (C=O) groups is 1. The minimum absolute atomic E-state index is 0.115. The van der Waals surface area contributed by atoms with E-state index in [9.17, 15) is 4.79 Å². The van der Waals surface area contributed by atoms with Gasteiger partial charge in [0.1, 0.15) is 5.76 Å². The fraction of sp³-hybridized carbons (Fsp3) is 0.0909. The molecule has 0 aliphatic heterocycles. The van der Waals surface area contributed by atoms with Crippen molar-refractivity contribution in [3.8, 4) is 11.5 Å². The zero-order valence-electron chi connectivity index (χ0n) is 8.70. The second-order valence-corrected chi connectivity index (χ2v) is 4.26. The maximum Gasteiger partial charge on any atom is 0.358 e. The van der Waals surface area contributed by atoms with E-state index in [0.717, 1.165) is 0 Å². The van der Waals surface area contributed by atoms with Crippen LogP contribution in [0.3, 0.4) is 0 Å². The molecule has 0 radical (unpaired) electrons. The Labute approximate surface area is 107 Å². The average molecular weight is 272 g/mol. The minimum atomic E-state index is -1.13. The summed E-state index contributed by atoms with van der Waals surface area (Å²) in [5.74, 6) is -0.710. The first-order valence-electron chi connectivity index (χ1n) is 4.64. The number of aromatic carboxylic acids is 1. The summed E-state index contributed by atoms with van der Waals surface area (Å²) >= 11 is 11.7. The molecule has 0 atom stereocenters. The van der Waals surface area contributed by atoms with Crippen molar-refractivity contribution in [1.82, 2.24) is 4.98 Å². The molecule has 6 heteroatoms. The van der Waals surface area contributed by atoms with Crippen LogP contribution in [0.25, 0.3) is 11.5 Å². The fourth-order valence-corrected chi connectivity index (χ4v) is 1.92. The van der Waals surface area contributed by atoms with E-state index in [-0.39, 0.29) is 17.3 Å². The molecule has 0 amide bonds. The molecule has 2 aromatic rings. The van der Waals surface area contributed by atoms with Gasteiger partial charge >= 0.3 is 5.97 Å². The molecule has 1 aromatic carbocycles. The molecule has 0 spiro atoms. The largest absolute Gasteiger partial charge is 0.476 e. The summed E-state index contributed by atoms with van der Waals surface area (Å²) in [6.07, 6.45) is 0. The predicted octanol–water partition coefficient (Wildman–Crippen LogP) is 3.66. The summed E-state index contributed by atoms with van der Waals surface area (Å²) in [5, 5.41) is 9.72. The number of rotatable bonds is 2. The highest BCUT2D eigenvalue weighted by molar-refractivity contribution is 6.35. The Kier molecular flexibility index (Phi) is 3.09. The van der Waals surface area contributed by atoms with Gasteiger partial charge in [0.15, 0.2) is 5.69 Å². The zero-order valence-corrected chi connectivity index (χ0v) is 10.2. The van der Waals surface area contributed by atoms with Gasteiger partial charge in [0.05, 0.1) is 0 Å². The first-order chi connectivity index (χ1) is 7.97. The Balaban J connectivity index is 2.53. The van der Waals surface area contributed by atoms with Crippen LogP contribution in [0.2, 0.25) is 10.0 Å². The van der Waals surface area contributed by atoms with Crippen LogP contribution in [0.4, 0.5) is 0 Å². The van der Waals surface area contributed by atoms with Gasteiger partial charge in [0.25, 0.3) is 0 Å². The lowest BCUT2D eigenvalue weighted by molar-refractivity contribution is 0.0689. The molecule has 0 aliphatic carbocycles. The fourth-order valence-electron chi connectivity index (χ4n) is 1.40. The van der Waals surface area contributed by atoms with Gasteiger partial charge < -0.3 is 9.52 Å². The Morgan fingerprint density at radius 1 is 1.29 bits per heavy atom. The van der Waals surface area contributed by atoms with Crippen LogP contribution in [0, 0.1) is 6.92 Å². The van der Waals surface area contributed by atoms with Crippen LogP contribution >= 0.6 is 23.2 Å². The van der Waals surface area contributed by atoms with Crippen molar-refractivity contribution in [2.75, 3.05) is 0 Å². The summed E-state index contributed by atoms with van der Waals surface area (Å²) in [6, 6.07) is 4.77. The third-order valence-corrected chi connectivity index (χ3v) is 2.55. The van der Waals surface area contributed by atoms with Gasteiger partial charge in [-0.25, -0.2) is 9.78 Å². The molecule has 4 nitrogen and oxygen atoms in total. The molecule has 0 saturated heterocycles. The molecule has 0 bridgehead atoms. The van der Waals surface area contributed by atoms with Crippen molar-refractivity contribution >= 4 is 29.2 Å². The molecule has 0 fully saturated rings. The number of benzene rings is 1. The number of halogens is 2. The van der Waals surface area contributed by atoms with E-state index >= 15 is 0 Å². The number of aromatic nitrogens is 1. The number of oxazole rings is 1. The number of carboxylic acid groups (broad SMARTS) is 1. The van der Waals surface area contributed by atoms with Crippen molar-refractivity contribution in [3.05, 3.63) is 39.7 Å². The van der Waals surface area contributed by atoms with Crippen LogP contribution in [-0.4, -0.2) is 16.1 Å². The van der Waals surface area contributed by atoms with Gasteiger partial charge in [0.2, 0.25) is 5.89 Å². The van der Waals surface area contributed by atoms with E-state index in [1.807, 2.05) is 0 Å². The molecule has 1 heterocycles. The van der Waals surface area contributed by atoms with Gasteiger partial charge in [-0.15, -0.1) is 0 Å². The Bertz CT molecular complexity index is 572. The van der Waals surface area contributed by atoms with Crippen LogP contribution in [0.1, 0.15) is 16.2 Å². The number of hydrogen-bond acceptors (Lipinski definition) is 3. The first kappa shape index (κ1) is 12.0. The Hall–Kier alpha value is -1.52. The maximum atomic E-state index is 10.8. The summed E-state index contributed by atoms with van der Waals surface area (Å²) in [6.45, 7) is 1.53. The lowest BCUT2D eigenvalue weighted by Gasteiger charge is -1.97.